The van der Waals surface area contributed by atoms with Gasteiger partial charge in [-0.3, -0.25) is 9.59 Å². The van der Waals surface area contributed by atoms with Crippen LogP contribution in [0.2, 0.25) is 0 Å². The lowest BCUT2D eigenvalue weighted by molar-refractivity contribution is 0.0964. The Bertz CT molecular complexity index is 504. The average Bonchev–Trinajstić information content (AvgIpc) is 3.11. The van der Waals surface area contributed by atoms with E-state index in [1.165, 1.54) is 11.3 Å². The quantitative estimate of drug-likeness (QED) is 0.807. The molecule has 5 nitrogen and oxygen atoms in total. The lowest BCUT2D eigenvalue weighted by Crippen LogP contribution is -2.22. The Morgan fingerprint density at radius 2 is 2.00 bits per heavy atom. The summed E-state index contributed by atoms with van der Waals surface area (Å²) >= 11 is 1.30. The molecule has 18 heavy (non-hydrogen) atoms. The van der Waals surface area contributed by atoms with E-state index in [0.717, 1.165) is 17.8 Å². The van der Waals surface area contributed by atoms with Crippen LogP contribution < -0.4 is 16.0 Å². The van der Waals surface area contributed by atoms with Crippen molar-refractivity contribution in [3.63, 3.8) is 0 Å². The Labute approximate surface area is 110 Å². The minimum absolute atomic E-state index is 0.0794. The standard InChI is InChI=1S/C12H17N3O2S/c1-14-11(17)7-8(13)10(9(16)6-4-5-6)18-12(7)15(2)3/h6H,4-5,13H2,1-3H3,(H,14,17). The first-order valence-corrected chi connectivity index (χ1v) is 6.64. The maximum absolute atomic E-state index is 12.1. The van der Waals surface area contributed by atoms with E-state index in [-0.39, 0.29) is 17.6 Å². The highest BCUT2D eigenvalue weighted by atomic mass is 32.1. The van der Waals surface area contributed by atoms with Gasteiger partial charge in [0.15, 0.2) is 5.78 Å². The lowest BCUT2D eigenvalue weighted by Gasteiger charge is -2.11. The number of carbonyl (C=O) groups is 2. The fourth-order valence-corrected chi connectivity index (χ4v) is 2.96. The van der Waals surface area contributed by atoms with Crippen LogP contribution in [0.25, 0.3) is 0 Å². The Kier molecular flexibility index (Phi) is 3.30. The van der Waals surface area contributed by atoms with Gasteiger partial charge in [-0.15, -0.1) is 11.3 Å². The molecule has 1 aliphatic rings. The average molecular weight is 267 g/mol. The topological polar surface area (TPSA) is 75.4 Å². The molecular formula is C12H17N3O2S. The van der Waals surface area contributed by atoms with Gasteiger partial charge in [0, 0.05) is 27.1 Å². The number of Topliss-reactive ketones (excluding diaryl/α,β-unsaturated/α-hetero) is 1. The van der Waals surface area contributed by atoms with Gasteiger partial charge in [-0.2, -0.15) is 0 Å². The number of nitrogen functional groups attached to an aromatic ring is 1. The summed E-state index contributed by atoms with van der Waals surface area (Å²) in [5.74, 6) is -0.0588. The van der Waals surface area contributed by atoms with Crippen LogP contribution in [0.4, 0.5) is 10.7 Å². The van der Waals surface area contributed by atoms with Crippen LogP contribution in [0.5, 0.6) is 0 Å². The summed E-state index contributed by atoms with van der Waals surface area (Å²) in [6.07, 6.45) is 1.87. The molecule has 0 radical (unpaired) electrons. The molecule has 0 bridgehead atoms. The number of nitrogens with two attached hydrogens (primary N) is 1. The molecular weight excluding hydrogens is 250 g/mol. The maximum atomic E-state index is 12.1. The summed E-state index contributed by atoms with van der Waals surface area (Å²) in [7, 11) is 5.23. The van der Waals surface area contributed by atoms with Crippen LogP contribution in [0.15, 0.2) is 0 Å². The molecule has 0 atom stereocenters. The summed E-state index contributed by atoms with van der Waals surface area (Å²) in [6, 6.07) is 0. The van der Waals surface area contributed by atoms with Crippen LogP contribution in [0.1, 0.15) is 32.9 Å². The second-order valence-electron chi connectivity index (χ2n) is 4.64. The van der Waals surface area contributed by atoms with Crippen LogP contribution in [0.3, 0.4) is 0 Å². The third-order valence-corrected chi connectivity index (χ3v) is 4.35. The van der Waals surface area contributed by atoms with Crippen molar-refractivity contribution in [3.05, 3.63) is 10.4 Å². The molecule has 1 aromatic rings. The van der Waals surface area contributed by atoms with Gasteiger partial charge in [0.25, 0.3) is 5.91 Å². The molecule has 6 heteroatoms. The number of amides is 1. The molecule has 1 heterocycles. The van der Waals surface area contributed by atoms with Crippen LogP contribution >= 0.6 is 11.3 Å². The van der Waals surface area contributed by atoms with E-state index in [0.29, 0.717) is 16.1 Å². The normalized spacial score (nSPS) is 14.4. The molecule has 0 spiro atoms. The van der Waals surface area contributed by atoms with Crippen molar-refractivity contribution in [2.75, 3.05) is 31.8 Å². The van der Waals surface area contributed by atoms with Crippen molar-refractivity contribution in [2.24, 2.45) is 5.92 Å². The third kappa shape index (κ3) is 2.08. The zero-order valence-electron chi connectivity index (χ0n) is 10.7. The molecule has 1 aliphatic carbocycles. The number of thiophene rings is 1. The number of rotatable bonds is 4. The number of anilines is 2. The number of hydrogen-bond acceptors (Lipinski definition) is 5. The minimum Gasteiger partial charge on any atom is -0.397 e. The predicted octanol–water partition coefficient (Wildman–Crippen LogP) is 1.35. The molecule has 0 aliphatic heterocycles. The number of nitrogens with one attached hydrogen (secondary N) is 1. The molecule has 3 N–H and O–H groups in total. The Morgan fingerprint density at radius 1 is 1.39 bits per heavy atom. The van der Waals surface area contributed by atoms with E-state index < -0.39 is 0 Å². The van der Waals surface area contributed by atoms with E-state index in [1.54, 1.807) is 7.05 Å². The largest absolute Gasteiger partial charge is 0.397 e. The second-order valence-corrected chi connectivity index (χ2v) is 5.64. The van der Waals surface area contributed by atoms with Crippen molar-refractivity contribution in [2.45, 2.75) is 12.8 Å². The second kappa shape index (κ2) is 4.61. The molecule has 0 saturated heterocycles. The van der Waals surface area contributed by atoms with Gasteiger partial charge in [0.05, 0.1) is 16.1 Å². The Hall–Kier alpha value is -1.56. The first-order chi connectivity index (χ1) is 8.47. The number of carbonyl (C=O) groups excluding carboxylic acids is 2. The van der Waals surface area contributed by atoms with Crippen molar-refractivity contribution in [3.8, 4) is 0 Å². The number of nitrogens with zero attached hydrogens (tertiary/aromatic N) is 1. The zero-order valence-corrected chi connectivity index (χ0v) is 11.6. The maximum Gasteiger partial charge on any atom is 0.256 e. The summed E-state index contributed by atoms with van der Waals surface area (Å²) in [5, 5.41) is 3.30. The van der Waals surface area contributed by atoms with E-state index in [4.69, 9.17) is 5.73 Å². The van der Waals surface area contributed by atoms with E-state index in [2.05, 4.69) is 5.32 Å². The van der Waals surface area contributed by atoms with Crippen LogP contribution in [0, 0.1) is 5.92 Å². The third-order valence-electron chi connectivity index (χ3n) is 2.96. The molecule has 1 saturated carbocycles. The first kappa shape index (κ1) is 12.9. The smallest absolute Gasteiger partial charge is 0.256 e. The molecule has 2 rings (SSSR count). The molecule has 1 fully saturated rings. The van der Waals surface area contributed by atoms with Gasteiger partial charge in [-0.1, -0.05) is 0 Å². The SMILES string of the molecule is CNC(=O)c1c(N(C)C)sc(C(=O)C2CC2)c1N. The Morgan fingerprint density at radius 3 is 2.44 bits per heavy atom. The van der Waals surface area contributed by atoms with Crippen molar-refractivity contribution in [1.82, 2.24) is 5.32 Å². The van der Waals surface area contributed by atoms with Crippen molar-refractivity contribution >= 4 is 33.7 Å². The molecule has 98 valence electrons. The van der Waals surface area contributed by atoms with E-state index >= 15 is 0 Å². The lowest BCUT2D eigenvalue weighted by atomic mass is 10.1. The van der Waals surface area contributed by atoms with Gasteiger partial charge < -0.3 is 16.0 Å². The molecule has 0 aromatic carbocycles. The highest BCUT2D eigenvalue weighted by molar-refractivity contribution is 7.19. The summed E-state index contributed by atoms with van der Waals surface area (Å²) < 4.78 is 0. The summed E-state index contributed by atoms with van der Waals surface area (Å²) in [5.41, 5.74) is 6.72. The highest BCUT2D eigenvalue weighted by Gasteiger charge is 2.35. The predicted molar refractivity (Wildman–Crippen MR) is 73.5 cm³/mol. The summed E-state index contributed by atoms with van der Waals surface area (Å²) in [4.78, 5) is 26.3. The van der Waals surface area contributed by atoms with Crippen molar-refractivity contribution in [1.29, 1.82) is 0 Å². The van der Waals surface area contributed by atoms with Gasteiger partial charge in [0.2, 0.25) is 0 Å². The molecule has 0 unspecified atom stereocenters. The summed E-state index contributed by atoms with van der Waals surface area (Å²) in [6.45, 7) is 0. The van der Waals surface area contributed by atoms with Gasteiger partial charge in [-0.05, 0) is 12.8 Å². The van der Waals surface area contributed by atoms with Crippen molar-refractivity contribution < 1.29 is 9.59 Å². The monoisotopic (exact) mass is 267 g/mol. The molecule has 1 amide bonds. The molecule has 1 aromatic heterocycles. The van der Waals surface area contributed by atoms with Gasteiger partial charge >= 0.3 is 0 Å². The van der Waals surface area contributed by atoms with Gasteiger partial charge in [-0.25, -0.2) is 0 Å². The van der Waals surface area contributed by atoms with E-state index in [1.807, 2.05) is 19.0 Å². The first-order valence-electron chi connectivity index (χ1n) is 5.83. The Balaban J connectivity index is 2.49. The number of hydrogen-bond donors (Lipinski definition) is 2. The highest BCUT2D eigenvalue weighted by Crippen LogP contribution is 2.42. The van der Waals surface area contributed by atoms with Gasteiger partial charge in [0.1, 0.15) is 5.00 Å². The minimum atomic E-state index is -0.248. The number of ketones is 1. The van der Waals surface area contributed by atoms with Crippen LogP contribution in [-0.4, -0.2) is 32.8 Å². The fourth-order valence-electron chi connectivity index (χ4n) is 1.80. The zero-order chi connectivity index (χ0) is 13.4. The van der Waals surface area contributed by atoms with Crippen LogP contribution in [-0.2, 0) is 0 Å². The van der Waals surface area contributed by atoms with E-state index in [9.17, 15) is 9.59 Å². The fraction of sp³-hybridized carbons (Fsp3) is 0.500.